The molecule has 0 aliphatic heterocycles. The standard InChI is InChI=1S/C12H9Br2FO/c1-12(2)7-3-6(13)4-8(14)11(7)9(16)5-10(12)15/h3-5H,1-2H3. The number of rotatable bonds is 0. The van der Waals surface area contributed by atoms with Crippen LogP contribution in [0.3, 0.4) is 0 Å². The third kappa shape index (κ3) is 1.68. The van der Waals surface area contributed by atoms with Crippen LogP contribution in [0.5, 0.6) is 0 Å². The van der Waals surface area contributed by atoms with Gasteiger partial charge in [-0.25, -0.2) is 4.39 Å². The molecule has 16 heavy (non-hydrogen) atoms. The van der Waals surface area contributed by atoms with E-state index in [-0.39, 0.29) is 5.78 Å². The topological polar surface area (TPSA) is 17.1 Å². The van der Waals surface area contributed by atoms with Crippen LogP contribution in [0.25, 0.3) is 0 Å². The zero-order chi connectivity index (χ0) is 12.1. The molecule has 1 aliphatic rings. The van der Waals surface area contributed by atoms with Gasteiger partial charge in [-0.2, -0.15) is 0 Å². The molecule has 0 amide bonds. The Bertz CT molecular complexity index is 518. The highest BCUT2D eigenvalue weighted by Crippen LogP contribution is 2.42. The maximum atomic E-state index is 13.8. The van der Waals surface area contributed by atoms with E-state index in [1.54, 1.807) is 26.0 Å². The number of halogens is 3. The average Bonchev–Trinajstić information content (AvgIpc) is 2.13. The molecule has 0 spiro atoms. The molecule has 0 heterocycles. The van der Waals surface area contributed by atoms with Gasteiger partial charge in [0.2, 0.25) is 0 Å². The zero-order valence-corrected chi connectivity index (χ0v) is 11.9. The van der Waals surface area contributed by atoms with E-state index in [0.717, 1.165) is 10.5 Å². The van der Waals surface area contributed by atoms with Crippen molar-refractivity contribution in [2.75, 3.05) is 0 Å². The molecule has 0 bridgehead atoms. The summed E-state index contributed by atoms with van der Waals surface area (Å²) in [6.07, 6.45) is 1.07. The molecule has 0 radical (unpaired) electrons. The zero-order valence-electron chi connectivity index (χ0n) is 8.77. The lowest BCUT2D eigenvalue weighted by molar-refractivity contribution is 0.103. The van der Waals surface area contributed by atoms with Crippen LogP contribution < -0.4 is 0 Å². The molecule has 0 aromatic heterocycles. The predicted molar refractivity (Wildman–Crippen MR) is 68.4 cm³/mol. The average molecular weight is 348 g/mol. The van der Waals surface area contributed by atoms with Crippen molar-refractivity contribution in [3.63, 3.8) is 0 Å². The van der Waals surface area contributed by atoms with E-state index in [4.69, 9.17) is 0 Å². The van der Waals surface area contributed by atoms with E-state index >= 15 is 0 Å². The molecule has 0 atom stereocenters. The summed E-state index contributed by atoms with van der Waals surface area (Å²) >= 11 is 6.69. The maximum Gasteiger partial charge on any atom is 0.189 e. The van der Waals surface area contributed by atoms with Gasteiger partial charge in [-0.05, 0) is 47.5 Å². The van der Waals surface area contributed by atoms with Gasteiger partial charge in [0.1, 0.15) is 5.83 Å². The van der Waals surface area contributed by atoms with Crippen LogP contribution >= 0.6 is 31.9 Å². The van der Waals surface area contributed by atoms with Gasteiger partial charge in [-0.3, -0.25) is 4.79 Å². The van der Waals surface area contributed by atoms with Gasteiger partial charge in [0, 0.05) is 26.0 Å². The number of allylic oxidation sites excluding steroid dienone is 2. The minimum absolute atomic E-state index is 0.286. The van der Waals surface area contributed by atoms with Crippen LogP contribution in [0.1, 0.15) is 29.8 Å². The van der Waals surface area contributed by atoms with E-state index in [0.29, 0.717) is 15.6 Å². The first kappa shape index (κ1) is 12.0. The Morgan fingerprint density at radius 1 is 1.25 bits per heavy atom. The fraction of sp³-hybridized carbons (Fsp3) is 0.250. The molecule has 0 fully saturated rings. The number of carbonyl (C=O) groups excluding carboxylic acids is 1. The van der Waals surface area contributed by atoms with Crippen molar-refractivity contribution in [2.24, 2.45) is 0 Å². The minimum atomic E-state index is -0.754. The summed E-state index contributed by atoms with van der Waals surface area (Å²) in [7, 11) is 0. The number of hydrogen-bond acceptors (Lipinski definition) is 1. The van der Waals surface area contributed by atoms with Crippen molar-refractivity contribution < 1.29 is 9.18 Å². The SMILES string of the molecule is CC1(C)C(F)=CC(=O)c2c(Br)cc(Br)cc21. The van der Waals surface area contributed by atoms with Gasteiger partial charge in [0.25, 0.3) is 0 Å². The first-order valence-electron chi connectivity index (χ1n) is 4.75. The van der Waals surface area contributed by atoms with Crippen molar-refractivity contribution in [1.82, 2.24) is 0 Å². The lowest BCUT2D eigenvalue weighted by atomic mass is 9.76. The molecule has 2 rings (SSSR count). The van der Waals surface area contributed by atoms with Crippen molar-refractivity contribution in [3.8, 4) is 0 Å². The van der Waals surface area contributed by atoms with Gasteiger partial charge < -0.3 is 0 Å². The molecular formula is C12H9Br2FO. The van der Waals surface area contributed by atoms with E-state index in [1.165, 1.54) is 0 Å². The molecule has 4 heteroatoms. The quantitative estimate of drug-likeness (QED) is 0.673. The Kier molecular flexibility index (Phi) is 2.83. The van der Waals surface area contributed by atoms with Crippen LogP contribution in [0.4, 0.5) is 4.39 Å². The minimum Gasteiger partial charge on any atom is -0.289 e. The van der Waals surface area contributed by atoms with Crippen LogP contribution in [0.15, 0.2) is 33.0 Å². The molecule has 0 saturated carbocycles. The molecular weight excluding hydrogens is 339 g/mol. The Morgan fingerprint density at radius 2 is 1.88 bits per heavy atom. The lowest BCUT2D eigenvalue weighted by Crippen LogP contribution is -2.26. The highest BCUT2D eigenvalue weighted by Gasteiger charge is 2.36. The summed E-state index contributed by atoms with van der Waals surface area (Å²) in [5.41, 5.74) is 0.503. The molecule has 1 nitrogen and oxygen atoms in total. The van der Waals surface area contributed by atoms with E-state index < -0.39 is 11.2 Å². The molecule has 1 aliphatic carbocycles. The molecule has 0 saturated heterocycles. The van der Waals surface area contributed by atoms with Crippen LogP contribution in [0.2, 0.25) is 0 Å². The van der Waals surface area contributed by atoms with E-state index in [2.05, 4.69) is 31.9 Å². The fourth-order valence-electron chi connectivity index (χ4n) is 1.81. The number of carbonyl (C=O) groups is 1. The van der Waals surface area contributed by atoms with E-state index in [9.17, 15) is 9.18 Å². The van der Waals surface area contributed by atoms with Gasteiger partial charge in [0.05, 0.1) is 0 Å². The lowest BCUT2D eigenvalue weighted by Gasteiger charge is -2.29. The molecule has 1 aromatic carbocycles. The van der Waals surface area contributed by atoms with Crippen molar-refractivity contribution >= 4 is 37.6 Å². The Balaban J connectivity index is 2.81. The normalized spacial score (nSPS) is 18.1. The smallest absolute Gasteiger partial charge is 0.189 e. The van der Waals surface area contributed by atoms with Gasteiger partial charge >= 0.3 is 0 Å². The first-order chi connectivity index (χ1) is 7.34. The first-order valence-corrected chi connectivity index (χ1v) is 6.34. The second-order valence-electron chi connectivity index (χ2n) is 4.29. The highest BCUT2D eigenvalue weighted by molar-refractivity contribution is 9.11. The van der Waals surface area contributed by atoms with Crippen LogP contribution in [0, 0.1) is 0 Å². The fourth-order valence-corrected chi connectivity index (χ4v) is 3.23. The van der Waals surface area contributed by atoms with Gasteiger partial charge in [0.15, 0.2) is 5.78 Å². The van der Waals surface area contributed by atoms with Crippen LogP contribution in [-0.2, 0) is 5.41 Å². The summed E-state index contributed by atoms with van der Waals surface area (Å²) in [4.78, 5) is 11.8. The summed E-state index contributed by atoms with van der Waals surface area (Å²) in [5.74, 6) is -0.679. The maximum absolute atomic E-state index is 13.8. The molecule has 0 N–H and O–H groups in total. The summed E-state index contributed by atoms with van der Waals surface area (Å²) in [5, 5.41) is 0. The Labute approximate surface area is 110 Å². The van der Waals surface area contributed by atoms with Crippen LogP contribution in [-0.4, -0.2) is 5.78 Å². The van der Waals surface area contributed by atoms with Crippen molar-refractivity contribution in [3.05, 3.63) is 44.1 Å². The number of fused-ring (bicyclic) bond motifs is 1. The van der Waals surface area contributed by atoms with E-state index in [1.807, 2.05) is 0 Å². The van der Waals surface area contributed by atoms with Gasteiger partial charge in [-0.1, -0.05) is 15.9 Å². The third-order valence-electron chi connectivity index (χ3n) is 2.83. The second-order valence-corrected chi connectivity index (χ2v) is 6.06. The third-order valence-corrected chi connectivity index (χ3v) is 3.91. The van der Waals surface area contributed by atoms with Gasteiger partial charge in [-0.15, -0.1) is 0 Å². The molecule has 0 unspecified atom stereocenters. The summed E-state index contributed by atoms with van der Waals surface area (Å²) < 4.78 is 15.3. The summed E-state index contributed by atoms with van der Waals surface area (Å²) in [6.45, 7) is 3.53. The number of ketones is 1. The van der Waals surface area contributed by atoms with Crippen molar-refractivity contribution in [2.45, 2.75) is 19.3 Å². The van der Waals surface area contributed by atoms with Crippen molar-refractivity contribution in [1.29, 1.82) is 0 Å². The second kappa shape index (κ2) is 3.77. The molecule has 1 aromatic rings. The predicted octanol–water partition coefficient (Wildman–Crippen LogP) is 4.54. The number of benzene rings is 1. The largest absolute Gasteiger partial charge is 0.289 e. The summed E-state index contributed by atoms with van der Waals surface area (Å²) in [6, 6.07) is 3.59. The molecule has 84 valence electrons. The Hall–Kier alpha value is -0.480. The Morgan fingerprint density at radius 3 is 2.50 bits per heavy atom. The monoisotopic (exact) mass is 346 g/mol. The number of hydrogen-bond donors (Lipinski definition) is 0. The highest BCUT2D eigenvalue weighted by atomic mass is 79.9.